The Hall–Kier alpha value is -2.88. The predicted octanol–water partition coefficient (Wildman–Crippen LogP) is 4.89. The van der Waals surface area contributed by atoms with Gasteiger partial charge in [-0.25, -0.2) is 0 Å². The lowest BCUT2D eigenvalue weighted by Gasteiger charge is -2.64. The number of allylic oxidation sites excluding steroid dienone is 1. The van der Waals surface area contributed by atoms with Crippen LogP contribution in [0.2, 0.25) is 0 Å². The van der Waals surface area contributed by atoms with Gasteiger partial charge in [0.2, 0.25) is 5.91 Å². The fourth-order valence-electron chi connectivity index (χ4n) is 7.27. The fraction of sp³-hybridized carbons (Fsp3) is 0.667. The molecule has 1 aliphatic heterocycles. The van der Waals surface area contributed by atoms with Gasteiger partial charge in [-0.15, -0.1) is 0 Å². The molecule has 5 rings (SSSR count). The Morgan fingerprint density at radius 3 is 2.49 bits per heavy atom. The summed E-state index contributed by atoms with van der Waals surface area (Å²) in [6.45, 7) is 9.24. The molecule has 6 atom stereocenters. The second kappa shape index (κ2) is 14.3. The summed E-state index contributed by atoms with van der Waals surface area (Å²) in [5, 5.41) is 17.3. The van der Waals surface area contributed by atoms with Crippen LogP contribution in [0, 0.1) is 34.5 Å². The first-order valence-electron chi connectivity index (χ1n) is 16.0. The third kappa shape index (κ3) is 8.49. The van der Waals surface area contributed by atoms with Crippen LogP contribution in [0.5, 0.6) is 0 Å². The molecule has 0 aromatic heterocycles. The minimum Gasteiger partial charge on any atom is -0.404 e. The first kappa shape index (κ1) is 35.0. The molecule has 1 aromatic rings. The molecule has 1 aromatic carbocycles. The van der Waals surface area contributed by atoms with Crippen LogP contribution in [0.4, 0.5) is 13.2 Å². The highest BCUT2D eigenvalue weighted by Gasteiger charge is 2.68. The van der Waals surface area contributed by atoms with E-state index in [9.17, 15) is 28.0 Å². The molecule has 1 saturated heterocycles. The Bertz CT molecular complexity index is 1270. The molecule has 2 bridgehead atoms. The van der Waals surface area contributed by atoms with Gasteiger partial charge >= 0.3 is 13.3 Å². The van der Waals surface area contributed by atoms with Crippen molar-refractivity contribution in [3.8, 4) is 6.07 Å². The molecule has 2 amide bonds. The maximum absolute atomic E-state index is 13.6. The van der Waals surface area contributed by atoms with Crippen molar-refractivity contribution in [2.75, 3.05) is 13.1 Å². The number of nitrogens with zero attached hydrogens (tertiary/aromatic N) is 1. The molecule has 3 N–H and O–H groups in total. The van der Waals surface area contributed by atoms with E-state index in [2.05, 4.69) is 36.7 Å². The predicted molar refractivity (Wildman–Crippen MR) is 165 cm³/mol. The second-order valence-corrected chi connectivity index (χ2v) is 13.9. The highest BCUT2D eigenvalue weighted by atomic mass is 19.4. The van der Waals surface area contributed by atoms with E-state index in [0.717, 1.165) is 18.4 Å². The third-order valence-corrected chi connectivity index (χ3v) is 9.86. The van der Waals surface area contributed by atoms with E-state index in [1.165, 1.54) is 0 Å². The highest BCUT2D eigenvalue weighted by molar-refractivity contribution is 6.48. The number of hydrogen-bond acceptors (Lipinski definition) is 6. The molecule has 12 heteroatoms. The highest BCUT2D eigenvalue weighted by Crippen LogP contribution is 2.65. The lowest BCUT2D eigenvalue weighted by Crippen LogP contribution is -2.65. The normalized spacial score (nSPS) is 26.8. The van der Waals surface area contributed by atoms with E-state index >= 15 is 0 Å². The van der Waals surface area contributed by atoms with Gasteiger partial charge in [0, 0.05) is 6.54 Å². The van der Waals surface area contributed by atoms with Gasteiger partial charge < -0.3 is 19.9 Å². The van der Waals surface area contributed by atoms with Crippen LogP contribution in [-0.4, -0.2) is 61.9 Å². The van der Waals surface area contributed by atoms with Crippen LogP contribution in [0.25, 0.3) is 0 Å². The average Bonchev–Trinajstić information content (AvgIpc) is 3.33. The van der Waals surface area contributed by atoms with Crippen molar-refractivity contribution in [3.05, 3.63) is 47.5 Å². The van der Waals surface area contributed by atoms with Gasteiger partial charge in [-0.3, -0.25) is 14.9 Å². The van der Waals surface area contributed by atoms with E-state index in [4.69, 9.17) is 9.31 Å². The van der Waals surface area contributed by atoms with Crippen molar-refractivity contribution in [1.29, 1.82) is 5.26 Å². The zero-order valence-corrected chi connectivity index (χ0v) is 26.9. The van der Waals surface area contributed by atoms with E-state index in [0.29, 0.717) is 31.1 Å². The Kier molecular flexibility index (Phi) is 11.1. The monoisotopic (exact) mass is 630 g/mol. The van der Waals surface area contributed by atoms with Gasteiger partial charge in [0.1, 0.15) is 11.6 Å². The summed E-state index contributed by atoms with van der Waals surface area (Å²) in [5.74, 6) is -0.783. The zero-order chi connectivity index (χ0) is 33.0. The van der Waals surface area contributed by atoms with Gasteiger partial charge in [-0.1, -0.05) is 64.1 Å². The molecule has 0 radical (unpaired) electrons. The summed E-state index contributed by atoms with van der Waals surface area (Å²) in [6.07, 6.45) is 0.205. The van der Waals surface area contributed by atoms with Gasteiger partial charge in [-0.05, 0) is 74.2 Å². The van der Waals surface area contributed by atoms with Crippen LogP contribution in [0.15, 0.2) is 42.0 Å². The largest absolute Gasteiger partial charge is 0.482 e. The van der Waals surface area contributed by atoms with Crippen LogP contribution in [-0.2, 0) is 25.3 Å². The number of carbonyl (C=O) groups excluding carboxylic acids is 2. The van der Waals surface area contributed by atoms with Crippen molar-refractivity contribution in [2.45, 2.75) is 103 Å². The smallest absolute Gasteiger partial charge is 0.404 e. The molecule has 4 fully saturated rings. The number of amides is 2. The number of rotatable bonds is 14. The molecule has 8 nitrogen and oxygen atoms in total. The average molecular weight is 631 g/mol. The van der Waals surface area contributed by atoms with E-state index < -0.39 is 49.2 Å². The standard InChI is InChI=1S/C33H46BF3N4O4/c1-21(2)15-23(19-38)29(42)39-14-10-9-13-25(40-20-33(35,36)37)30(43)41-28(16-22-11-7-6-8-12-22)34-44-27-18-24-17-26(31(24,3)4)32(27,5)45-34/h6-8,11-12,15,21,24-28,40H,9-10,13-14,16-18,20H2,1-5H3,(H,39,42)(H,41,43)/t24-,25?,26-,27+,28?,32-/m0/s1. The Balaban J connectivity index is 1.42. The zero-order valence-electron chi connectivity index (χ0n) is 26.9. The number of benzene rings is 1. The van der Waals surface area contributed by atoms with Crippen molar-refractivity contribution in [1.82, 2.24) is 16.0 Å². The number of alkyl halides is 3. The maximum Gasteiger partial charge on any atom is 0.482 e. The van der Waals surface area contributed by atoms with E-state index in [1.54, 1.807) is 6.08 Å². The molecular weight excluding hydrogens is 584 g/mol. The molecule has 3 aliphatic carbocycles. The summed E-state index contributed by atoms with van der Waals surface area (Å²) in [5.41, 5.74) is 0.591. The second-order valence-electron chi connectivity index (χ2n) is 13.9. The van der Waals surface area contributed by atoms with Crippen LogP contribution in [0.1, 0.15) is 72.3 Å². The molecule has 2 unspecified atom stereocenters. The van der Waals surface area contributed by atoms with Gasteiger partial charge in [0.05, 0.1) is 30.2 Å². The summed E-state index contributed by atoms with van der Waals surface area (Å²) in [6, 6.07) is 10.3. The van der Waals surface area contributed by atoms with Crippen molar-refractivity contribution in [3.63, 3.8) is 0 Å². The molecular formula is C33H46BF3N4O4. The first-order chi connectivity index (χ1) is 21.1. The van der Waals surface area contributed by atoms with Crippen LogP contribution in [0.3, 0.4) is 0 Å². The molecule has 246 valence electrons. The van der Waals surface area contributed by atoms with E-state index in [1.807, 2.05) is 50.2 Å². The minimum atomic E-state index is -4.50. The molecule has 1 heterocycles. The number of hydrogen-bond donors (Lipinski definition) is 3. The number of unbranched alkanes of at least 4 members (excludes halogenated alkanes) is 1. The Morgan fingerprint density at radius 2 is 1.87 bits per heavy atom. The summed E-state index contributed by atoms with van der Waals surface area (Å²) in [7, 11) is -0.744. The lowest BCUT2D eigenvalue weighted by atomic mass is 9.43. The minimum absolute atomic E-state index is 0.0179. The fourth-order valence-corrected chi connectivity index (χ4v) is 7.27. The Labute approximate surface area is 265 Å². The van der Waals surface area contributed by atoms with Gasteiger partial charge in [-0.2, -0.15) is 18.4 Å². The van der Waals surface area contributed by atoms with Gasteiger partial charge in [0.15, 0.2) is 0 Å². The number of halogens is 3. The number of carbonyl (C=O) groups is 2. The van der Waals surface area contributed by atoms with Crippen LogP contribution >= 0.6 is 0 Å². The Morgan fingerprint density at radius 1 is 1.16 bits per heavy atom. The SMILES string of the molecule is CC(C)C=C(C#N)C(=O)NCCCCC(NCC(F)(F)F)C(=O)NC(Cc1ccccc1)B1O[C@@H]2C[C@@H]3C[C@@H](C3(C)C)[C@]2(C)O1. The number of nitriles is 1. The molecule has 3 saturated carbocycles. The summed E-state index contributed by atoms with van der Waals surface area (Å²) in [4.78, 5) is 25.9. The maximum atomic E-state index is 13.6. The third-order valence-electron chi connectivity index (χ3n) is 9.86. The molecule has 0 spiro atoms. The quantitative estimate of drug-likeness (QED) is 0.117. The van der Waals surface area contributed by atoms with Crippen molar-refractivity contribution >= 4 is 18.9 Å². The molecule has 4 aliphatic rings. The number of nitrogens with one attached hydrogen (secondary N) is 3. The van der Waals surface area contributed by atoms with Crippen molar-refractivity contribution in [2.24, 2.45) is 23.2 Å². The van der Waals surface area contributed by atoms with Crippen LogP contribution < -0.4 is 16.0 Å². The van der Waals surface area contributed by atoms with Crippen molar-refractivity contribution < 1.29 is 32.1 Å². The first-order valence-corrected chi connectivity index (χ1v) is 16.0. The van der Waals surface area contributed by atoms with Gasteiger partial charge in [0.25, 0.3) is 5.91 Å². The molecule has 45 heavy (non-hydrogen) atoms. The summed E-state index contributed by atoms with van der Waals surface area (Å²) >= 11 is 0. The van der Waals surface area contributed by atoms with E-state index in [-0.39, 0.29) is 36.0 Å². The lowest BCUT2D eigenvalue weighted by molar-refractivity contribution is -0.199. The summed E-state index contributed by atoms with van der Waals surface area (Å²) < 4.78 is 52.8. The topological polar surface area (TPSA) is 112 Å².